The molecule has 208 valence electrons. The van der Waals surface area contributed by atoms with Gasteiger partial charge < -0.3 is 5.73 Å². The van der Waals surface area contributed by atoms with E-state index in [-0.39, 0.29) is 28.5 Å². The highest BCUT2D eigenvalue weighted by molar-refractivity contribution is 6.33. The van der Waals surface area contributed by atoms with Gasteiger partial charge in [-0.15, -0.1) is 0 Å². The third-order valence-corrected chi connectivity index (χ3v) is 6.99. The minimum atomic E-state index is -1.50. The Labute approximate surface area is 233 Å². The Morgan fingerprint density at radius 2 is 1.74 bits per heavy atom. The van der Waals surface area contributed by atoms with Crippen molar-refractivity contribution in [3.05, 3.63) is 91.6 Å². The number of rotatable bonds is 7. The monoisotopic (exact) mass is 554 g/mol. The van der Waals surface area contributed by atoms with Crippen LogP contribution in [0, 0.1) is 37.5 Å². The molecule has 10 nitrogen and oxygen atoms in total. The Balaban J connectivity index is 0.000000268. The van der Waals surface area contributed by atoms with Crippen molar-refractivity contribution in [1.82, 2.24) is 10.3 Å². The number of alkyl halides is 1. The topological polar surface area (TPSA) is 150 Å². The molecule has 0 saturated heterocycles. The Kier molecular flexibility index (Phi) is 8.92. The quantitative estimate of drug-likeness (QED) is 0.181. The van der Waals surface area contributed by atoms with E-state index in [1.165, 1.54) is 12.3 Å². The van der Waals surface area contributed by atoms with Crippen molar-refractivity contribution in [1.29, 1.82) is 0 Å². The van der Waals surface area contributed by atoms with Crippen LogP contribution in [0.1, 0.15) is 48.0 Å². The normalized spacial score (nSPS) is 20.1. The largest absolute Gasteiger partial charge is 0.378 e. The highest BCUT2D eigenvalue weighted by Gasteiger charge is 2.53. The van der Waals surface area contributed by atoms with E-state index in [4.69, 9.17) is 17.3 Å². The first kappa shape index (κ1) is 29.9. The van der Waals surface area contributed by atoms with Gasteiger partial charge in [-0.3, -0.25) is 25.5 Å². The van der Waals surface area contributed by atoms with Gasteiger partial charge in [-0.25, -0.2) is 9.98 Å². The number of pyridine rings is 1. The Hall–Kier alpha value is -3.63. The number of nitrogens with zero attached hydrogens (tertiary/aromatic N) is 4. The van der Waals surface area contributed by atoms with Crippen LogP contribution in [0.4, 0.5) is 5.69 Å². The summed E-state index contributed by atoms with van der Waals surface area (Å²) in [6.45, 7) is 13.0. The fourth-order valence-electron chi connectivity index (χ4n) is 4.57. The van der Waals surface area contributed by atoms with Gasteiger partial charge in [-0.05, 0) is 36.9 Å². The number of allylic oxidation sites excluding steroid dienone is 3. The van der Waals surface area contributed by atoms with E-state index in [0.29, 0.717) is 23.7 Å². The van der Waals surface area contributed by atoms with E-state index in [0.717, 1.165) is 22.9 Å². The second-order valence-electron chi connectivity index (χ2n) is 11.1. The highest BCUT2D eigenvalue weighted by atomic mass is 35.5. The molecule has 1 atom stereocenters. The average Bonchev–Trinajstić information content (AvgIpc) is 2.84. The van der Waals surface area contributed by atoms with Gasteiger partial charge in [0.1, 0.15) is 6.20 Å². The molecule has 1 unspecified atom stereocenters. The number of fused-ring (bicyclic) bond motifs is 2. The molecular formula is C28H35ClN6O4. The molecule has 1 aromatic heterocycles. The van der Waals surface area contributed by atoms with Crippen LogP contribution in [0.25, 0.3) is 10.9 Å². The molecule has 2 aliphatic rings. The fraction of sp³-hybridized carbons (Fsp3) is 0.429. The second kappa shape index (κ2) is 11.6. The standard InChI is InChI=1S/C19H29ClN4O2.C9H6N2O2/c1-11(2)9-13-15-14(7-8-18(13,5)6)23-17(21)16(24(25)26)19(15,20)22-10-12(3)4;12-11(13)8-5-7-3-1-2-4-9(7)10-6-8/h7-8,11-12,22H,9-10,21H2,1-6H3;1-6H. The molecule has 0 fully saturated rings. The zero-order chi connectivity index (χ0) is 29.1. The summed E-state index contributed by atoms with van der Waals surface area (Å²) in [5.41, 5.74) is 8.54. The Morgan fingerprint density at radius 3 is 2.33 bits per heavy atom. The summed E-state index contributed by atoms with van der Waals surface area (Å²) in [6.07, 6.45) is 5.98. The third kappa shape index (κ3) is 6.51. The van der Waals surface area contributed by atoms with Crippen LogP contribution in [0.3, 0.4) is 0 Å². The number of nitrogens with two attached hydrogens (primary N) is 1. The second-order valence-corrected chi connectivity index (χ2v) is 11.6. The van der Waals surface area contributed by atoms with Crippen molar-refractivity contribution in [2.45, 2.75) is 53.0 Å². The van der Waals surface area contributed by atoms with Crippen molar-refractivity contribution in [2.24, 2.45) is 28.0 Å². The number of benzene rings is 1. The van der Waals surface area contributed by atoms with Crippen LogP contribution in [-0.4, -0.2) is 32.1 Å². The van der Waals surface area contributed by atoms with E-state index in [1.54, 1.807) is 6.07 Å². The number of nitro groups is 2. The average molecular weight is 555 g/mol. The molecule has 2 aromatic rings. The first-order valence-electron chi connectivity index (χ1n) is 12.8. The Morgan fingerprint density at radius 1 is 1.08 bits per heavy atom. The van der Waals surface area contributed by atoms with Gasteiger partial charge in [0.25, 0.3) is 5.69 Å². The van der Waals surface area contributed by atoms with Crippen molar-refractivity contribution in [3.8, 4) is 0 Å². The van der Waals surface area contributed by atoms with Gasteiger partial charge in [-0.1, -0.05) is 83.0 Å². The Bertz CT molecular complexity index is 1410. The highest BCUT2D eigenvalue weighted by Crippen LogP contribution is 2.47. The number of halogens is 1. The van der Waals surface area contributed by atoms with Gasteiger partial charge in [0.2, 0.25) is 10.8 Å². The predicted octanol–water partition coefficient (Wildman–Crippen LogP) is 6.11. The predicted molar refractivity (Wildman–Crippen MR) is 155 cm³/mol. The summed E-state index contributed by atoms with van der Waals surface area (Å²) >= 11 is 6.99. The molecule has 0 radical (unpaired) electrons. The third-order valence-electron chi connectivity index (χ3n) is 6.48. The number of aromatic nitrogens is 1. The number of hydrogen-bond donors (Lipinski definition) is 2. The number of hydrogen-bond acceptors (Lipinski definition) is 8. The van der Waals surface area contributed by atoms with E-state index in [1.807, 2.05) is 38.1 Å². The molecule has 3 N–H and O–H groups in total. The molecule has 0 spiro atoms. The summed E-state index contributed by atoms with van der Waals surface area (Å²) in [6, 6.07) is 8.81. The van der Waals surface area contributed by atoms with Crippen molar-refractivity contribution in [2.75, 3.05) is 6.54 Å². The lowest BCUT2D eigenvalue weighted by Crippen LogP contribution is -2.53. The zero-order valence-corrected chi connectivity index (χ0v) is 23.8. The first-order chi connectivity index (χ1) is 18.2. The summed E-state index contributed by atoms with van der Waals surface area (Å²) in [5, 5.41) is 26.2. The molecule has 4 rings (SSSR count). The molecule has 0 amide bonds. The molecule has 2 heterocycles. The van der Waals surface area contributed by atoms with E-state index in [9.17, 15) is 20.2 Å². The maximum atomic E-state index is 11.8. The van der Waals surface area contributed by atoms with Crippen LogP contribution < -0.4 is 11.1 Å². The van der Waals surface area contributed by atoms with Crippen molar-refractivity contribution < 1.29 is 9.85 Å². The number of para-hydroxylation sites is 1. The van der Waals surface area contributed by atoms with Gasteiger partial charge >= 0.3 is 5.70 Å². The molecule has 39 heavy (non-hydrogen) atoms. The van der Waals surface area contributed by atoms with Crippen LogP contribution >= 0.6 is 11.6 Å². The van der Waals surface area contributed by atoms with Gasteiger partial charge in [0.05, 0.1) is 21.1 Å². The lowest BCUT2D eigenvalue weighted by Gasteiger charge is -2.40. The minimum Gasteiger partial charge on any atom is -0.378 e. The minimum absolute atomic E-state index is 0.0266. The maximum Gasteiger partial charge on any atom is 0.327 e. The van der Waals surface area contributed by atoms with E-state index in [2.05, 4.69) is 49.1 Å². The lowest BCUT2D eigenvalue weighted by atomic mass is 9.70. The van der Waals surface area contributed by atoms with E-state index >= 15 is 0 Å². The number of nitrogens with one attached hydrogen (secondary N) is 1. The SMILES string of the molecule is CC(C)CNC1(Cl)C2=C(CC(C)C)C(C)(C)C=CC2=NC(N)=C1[N+](=O)[O-].O=[N+]([O-])c1cnc2ccccc2c1. The van der Waals surface area contributed by atoms with Crippen LogP contribution in [-0.2, 0) is 0 Å². The molecule has 1 aliphatic heterocycles. The van der Waals surface area contributed by atoms with Gasteiger partial charge in [0, 0.05) is 22.4 Å². The summed E-state index contributed by atoms with van der Waals surface area (Å²) in [5.74, 6) is 0.495. The smallest absolute Gasteiger partial charge is 0.327 e. The molecule has 0 bridgehead atoms. The van der Waals surface area contributed by atoms with Crippen molar-refractivity contribution >= 4 is 33.9 Å². The van der Waals surface area contributed by atoms with Crippen LogP contribution in [0.5, 0.6) is 0 Å². The van der Waals surface area contributed by atoms with Gasteiger partial charge in [0.15, 0.2) is 0 Å². The molecule has 11 heteroatoms. The molecular weight excluding hydrogens is 520 g/mol. The van der Waals surface area contributed by atoms with Crippen molar-refractivity contribution in [3.63, 3.8) is 0 Å². The molecule has 1 aromatic carbocycles. The summed E-state index contributed by atoms with van der Waals surface area (Å²) in [7, 11) is 0. The van der Waals surface area contributed by atoms with Crippen LogP contribution in [0.2, 0.25) is 0 Å². The summed E-state index contributed by atoms with van der Waals surface area (Å²) in [4.78, 5) is 28.1. The summed E-state index contributed by atoms with van der Waals surface area (Å²) < 4.78 is 0. The van der Waals surface area contributed by atoms with Gasteiger partial charge in [-0.2, -0.15) is 0 Å². The fourth-order valence-corrected chi connectivity index (χ4v) is 5.03. The molecule has 1 aliphatic carbocycles. The van der Waals surface area contributed by atoms with Crippen LogP contribution in [0.15, 0.2) is 76.3 Å². The maximum absolute atomic E-state index is 11.8. The van der Waals surface area contributed by atoms with E-state index < -0.39 is 14.8 Å². The first-order valence-corrected chi connectivity index (χ1v) is 13.1. The lowest BCUT2D eigenvalue weighted by molar-refractivity contribution is -0.433. The number of aliphatic imine (C=N–C) groups is 1. The zero-order valence-electron chi connectivity index (χ0n) is 23.1. The molecule has 0 saturated carbocycles.